The number of benzene rings is 1. The molecule has 2 rings (SSSR count). The first kappa shape index (κ1) is 19.6. The molecule has 26 heavy (non-hydrogen) atoms. The van der Waals surface area contributed by atoms with Gasteiger partial charge in [0.25, 0.3) is 0 Å². The second kappa shape index (κ2) is 8.56. The molecule has 0 aliphatic carbocycles. The van der Waals surface area contributed by atoms with E-state index in [1.807, 2.05) is 42.3 Å². The van der Waals surface area contributed by atoms with Gasteiger partial charge in [-0.1, -0.05) is 12.1 Å². The van der Waals surface area contributed by atoms with E-state index < -0.39 is 0 Å². The molecule has 0 saturated carbocycles. The molecule has 1 aromatic rings. The highest BCUT2D eigenvalue weighted by atomic mass is 16.5. The predicted molar refractivity (Wildman–Crippen MR) is 97.7 cm³/mol. The Morgan fingerprint density at radius 3 is 2.38 bits per heavy atom. The van der Waals surface area contributed by atoms with E-state index in [1.165, 1.54) is 14.0 Å². The molecular formula is C20H25NO5. The quantitative estimate of drug-likeness (QED) is 0.697. The predicted octanol–water partition coefficient (Wildman–Crippen LogP) is 3.08. The Hall–Kier alpha value is -2.76. The van der Waals surface area contributed by atoms with Crippen molar-refractivity contribution in [3.8, 4) is 11.5 Å². The lowest BCUT2D eigenvalue weighted by atomic mass is 9.88. The van der Waals surface area contributed by atoms with E-state index in [1.54, 1.807) is 14.2 Å². The summed E-state index contributed by atoms with van der Waals surface area (Å²) in [6, 6.07) is 5.72. The van der Waals surface area contributed by atoms with Crippen molar-refractivity contribution in [1.29, 1.82) is 0 Å². The average molecular weight is 359 g/mol. The van der Waals surface area contributed by atoms with Crippen LogP contribution in [0.3, 0.4) is 0 Å². The Morgan fingerprint density at radius 2 is 1.81 bits per heavy atom. The van der Waals surface area contributed by atoms with Gasteiger partial charge in [-0.3, -0.25) is 9.59 Å². The Balaban J connectivity index is 2.27. The summed E-state index contributed by atoms with van der Waals surface area (Å²) in [7, 11) is 4.54. The molecule has 0 saturated heterocycles. The highest BCUT2D eigenvalue weighted by Gasteiger charge is 2.27. The number of ketones is 1. The average Bonchev–Trinajstić information content (AvgIpc) is 2.63. The number of carbonyl (C=O) groups excluding carboxylic acids is 2. The number of ether oxygens (including phenoxy) is 3. The molecule has 1 atom stereocenters. The van der Waals surface area contributed by atoms with Crippen molar-refractivity contribution < 1.29 is 23.8 Å². The van der Waals surface area contributed by atoms with Crippen molar-refractivity contribution in [2.45, 2.75) is 26.8 Å². The fourth-order valence-electron chi connectivity index (χ4n) is 3.13. The van der Waals surface area contributed by atoms with Crippen LogP contribution in [0.2, 0.25) is 0 Å². The largest absolute Gasteiger partial charge is 0.493 e. The van der Waals surface area contributed by atoms with Crippen molar-refractivity contribution in [3.63, 3.8) is 0 Å². The summed E-state index contributed by atoms with van der Waals surface area (Å²) in [5, 5.41) is 0. The summed E-state index contributed by atoms with van der Waals surface area (Å²) in [6.45, 7) is 3.99. The number of allylic oxidation sites excluding steroid dienone is 3. The Bertz CT molecular complexity index is 751. The lowest BCUT2D eigenvalue weighted by Gasteiger charge is -2.31. The Morgan fingerprint density at radius 1 is 1.12 bits per heavy atom. The first-order valence-electron chi connectivity index (χ1n) is 8.35. The molecule has 140 valence electrons. The zero-order chi connectivity index (χ0) is 19.3. The zero-order valence-corrected chi connectivity index (χ0v) is 15.9. The van der Waals surface area contributed by atoms with Gasteiger partial charge < -0.3 is 19.1 Å². The number of hydrogen-bond acceptors (Lipinski definition) is 6. The van der Waals surface area contributed by atoms with Crippen LogP contribution in [-0.4, -0.2) is 38.0 Å². The lowest BCUT2D eigenvalue weighted by molar-refractivity contribution is -0.141. The molecule has 0 radical (unpaired) electrons. The van der Waals surface area contributed by atoms with Gasteiger partial charge in [0.1, 0.15) is 0 Å². The SMILES string of the molecule is COC(=O)CC1C=CN(Cc2ccc(OC)c(OC)c2)C(C)=C1C(C)=O. The maximum atomic E-state index is 12.2. The van der Waals surface area contributed by atoms with Crippen molar-refractivity contribution in [1.82, 2.24) is 4.90 Å². The third kappa shape index (κ3) is 4.25. The minimum atomic E-state index is -0.334. The van der Waals surface area contributed by atoms with Crippen LogP contribution in [0.5, 0.6) is 11.5 Å². The minimum Gasteiger partial charge on any atom is -0.493 e. The molecule has 0 amide bonds. The molecule has 6 nitrogen and oxygen atoms in total. The highest BCUT2D eigenvalue weighted by molar-refractivity contribution is 5.95. The number of esters is 1. The number of carbonyl (C=O) groups is 2. The highest BCUT2D eigenvalue weighted by Crippen LogP contribution is 2.32. The maximum Gasteiger partial charge on any atom is 0.306 e. The molecule has 1 aliphatic heterocycles. The fourth-order valence-corrected chi connectivity index (χ4v) is 3.13. The van der Waals surface area contributed by atoms with E-state index in [9.17, 15) is 9.59 Å². The van der Waals surface area contributed by atoms with Gasteiger partial charge in [-0.15, -0.1) is 0 Å². The molecule has 0 fully saturated rings. The molecule has 0 spiro atoms. The van der Waals surface area contributed by atoms with E-state index in [0.717, 1.165) is 11.3 Å². The molecule has 1 unspecified atom stereocenters. The van der Waals surface area contributed by atoms with Crippen LogP contribution in [0.4, 0.5) is 0 Å². The number of hydrogen-bond donors (Lipinski definition) is 0. The van der Waals surface area contributed by atoms with Gasteiger partial charge in [-0.05, 0) is 31.5 Å². The Kier molecular flexibility index (Phi) is 6.44. The molecular weight excluding hydrogens is 334 g/mol. The molecule has 0 bridgehead atoms. The number of methoxy groups -OCH3 is 3. The fraction of sp³-hybridized carbons (Fsp3) is 0.400. The number of nitrogens with zero attached hydrogens (tertiary/aromatic N) is 1. The van der Waals surface area contributed by atoms with E-state index in [2.05, 4.69) is 0 Å². The summed E-state index contributed by atoms with van der Waals surface area (Å²) in [5.41, 5.74) is 2.49. The topological polar surface area (TPSA) is 65.1 Å². The van der Waals surface area contributed by atoms with Gasteiger partial charge in [-0.25, -0.2) is 0 Å². The maximum absolute atomic E-state index is 12.2. The van der Waals surface area contributed by atoms with Crippen LogP contribution in [0, 0.1) is 5.92 Å². The van der Waals surface area contributed by atoms with E-state index >= 15 is 0 Å². The van der Waals surface area contributed by atoms with Crippen LogP contribution in [0.1, 0.15) is 25.8 Å². The van der Waals surface area contributed by atoms with Gasteiger partial charge in [-0.2, -0.15) is 0 Å². The van der Waals surface area contributed by atoms with Crippen LogP contribution in [0.15, 0.2) is 41.7 Å². The van der Waals surface area contributed by atoms with Crippen molar-refractivity contribution >= 4 is 11.8 Å². The van der Waals surface area contributed by atoms with Gasteiger partial charge in [0, 0.05) is 29.9 Å². The van der Waals surface area contributed by atoms with Crippen LogP contribution in [0.25, 0.3) is 0 Å². The summed E-state index contributed by atoms with van der Waals surface area (Å²) < 4.78 is 15.3. The summed E-state index contributed by atoms with van der Waals surface area (Å²) >= 11 is 0. The summed E-state index contributed by atoms with van der Waals surface area (Å²) in [4.78, 5) is 25.8. The van der Waals surface area contributed by atoms with Crippen LogP contribution >= 0.6 is 0 Å². The third-order valence-corrected chi connectivity index (χ3v) is 4.48. The lowest BCUT2D eigenvalue weighted by Crippen LogP contribution is -2.27. The number of Topliss-reactive ketones (excluding diaryl/α,β-unsaturated/α-hetero) is 1. The monoisotopic (exact) mass is 359 g/mol. The normalized spacial score (nSPS) is 16.5. The van der Waals surface area contributed by atoms with Gasteiger partial charge >= 0.3 is 5.97 Å². The van der Waals surface area contributed by atoms with Gasteiger partial charge in [0.15, 0.2) is 17.3 Å². The third-order valence-electron chi connectivity index (χ3n) is 4.48. The van der Waals surface area contributed by atoms with E-state index in [4.69, 9.17) is 14.2 Å². The second-order valence-corrected chi connectivity index (χ2v) is 6.10. The van der Waals surface area contributed by atoms with Crippen LogP contribution in [-0.2, 0) is 20.9 Å². The molecule has 0 aromatic heterocycles. The molecule has 1 aromatic carbocycles. The smallest absolute Gasteiger partial charge is 0.306 e. The molecule has 1 aliphatic rings. The summed E-state index contributed by atoms with van der Waals surface area (Å²) in [6.07, 6.45) is 3.94. The van der Waals surface area contributed by atoms with Gasteiger partial charge in [0.2, 0.25) is 0 Å². The molecule has 0 N–H and O–H groups in total. The minimum absolute atomic E-state index is 0.0435. The molecule has 6 heteroatoms. The first-order valence-corrected chi connectivity index (χ1v) is 8.35. The zero-order valence-electron chi connectivity index (χ0n) is 15.9. The Labute approximate surface area is 154 Å². The van der Waals surface area contributed by atoms with E-state index in [0.29, 0.717) is 23.6 Å². The first-order chi connectivity index (χ1) is 12.4. The standard InChI is InChI=1S/C20H25NO5/c1-13-20(14(2)22)16(11-19(23)26-5)8-9-21(13)12-15-6-7-17(24-3)18(10-15)25-4/h6-10,16H,11-12H2,1-5H3. The van der Waals surface area contributed by atoms with Crippen molar-refractivity contribution in [2.75, 3.05) is 21.3 Å². The summed E-state index contributed by atoms with van der Waals surface area (Å²) in [5.74, 6) is 0.683. The van der Waals surface area contributed by atoms with E-state index in [-0.39, 0.29) is 24.1 Å². The second-order valence-electron chi connectivity index (χ2n) is 6.10. The number of rotatable bonds is 7. The van der Waals surface area contributed by atoms with Gasteiger partial charge in [0.05, 0.1) is 27.8 Å². The van der Waals surface area contributed by atoms with Crippen molar-refractivity contribution in [3.05, 3.63) is 47.3 Å². The van der Waals surface area contributed by atoms with Crippen molar-refractivity contribution in [2.24, 2.45) is 5.92 Å². The van der Waals surface area contributed by atoms with Crippen LogP contribution < -0.4 is 9.47 Å². The molecule has 1 heterocycles.